The number of aromatic nitrogens is 5. The van der Waals surface area contributed by atoms with E-state index in [0.717, 1.165) is 17.3 Å². The third kappa shape index (κ3) is 7.94. The minimum absolute atomic E-state index is 0.00264. The molecule has 3 N–H and O–H groups in total. The predicted octanol–water partition coefficient (Wildman–Crippen LogP) is 4.94. The number of pyridine rings is 1. The van der Waals surface area contributed by atoms with Gasteiger partial charge < -0.3 is 34.8 Å². The highest BCUT2D eigenvalue weighted by atomic mass is 19.4. The molecule has 1 atom stereocenters. The van der Waals surface area contributed by atoms with Gasteiger partial charge in [0.15, 0.2) is 6.23 Å². The average Bonchev–Trinajstić information content (AvgIpc) is 3.07. The molecule has 0 radical (unpaired) electrons. The summed E-state index contributed by atoms with van der Waals surface area (Å²) in [4.78, 5) is 24.6. The summed E-state index contributed by atoms with van der Waals surface area (Å²) >= 11 is 0. The highest BCUT2D eigenvalue weighted by molar-refractivity contribution is 5.62. The molecular weight excluding hydrogens is 641 g/mol. The van der Waals surface area contributed by atoms with E-state index in [0.29, 0.717) is 37.3 Å². The molecule has 1 aromatic carbocycles. The van der Waals surface area contributed by atoms with Crippen molar-refractivity contribution in [3.63, 3.8) is 0 Å². The Bertz CT molecular complexity index is 1700. The van der Waals surface area contributed by atoms with Crippen molar-refractivity contribution in [1.29, 1.82) is 0 Å². The average molecular weight is 681 g/mol. The van der Waals surface area contributed by atoms with Crippen molar-refractivity contribution in [2.75, 3.05) is 41.9 Å². The largest absolute Gasteiger partial charge is 0.489 e. The van der Waals surface area contributed by atoms with E-state index in [2.05, 4.69) is 25.3 Å². The van der Waals surface area contributed by atoms with E-state index < -0.39 is 29.1 Å². The van der Waals surface area contributed by atoms with Crippen LogP contribution in [0.25, 0.3) is 11.1 Å². The Morgan fingerprint density at radius 1 is 0.959 bits per heavy atom. The number of methoxy groups -OCH3 is 1. The first-order valence-corrected chi connectivity index (χ1v) is 16.0. The summed E-state index contributed by atoms with van der Waals surface area (Å²) < 4.78 is 52.4. The SMILES string of the molecule is COc1ncc(-c2ccc(N(C(O)COc3ccccc3)C3CCC(C)(Nc4ncc(C(F)(F)F)c(N5CC(C)(O)C5)n4)CC3)nc2)cn1. The number of rotatable bonds is 11. The van der Waals surface area contributed by atoms with Gasteiger partial charge in [0.1, 0.15) is 29.6 Å². The van der Waals surface area contributed by atoms with Gasteiger partial charge in [0.2, 0.25) is 5.95 Å². The second-order valence-corrected chi connectivity index (χ2v) is 13.1. The molecule has 4 aromatic rings. The monoisotopic (exact) mass is 680 g/mol. The summed E-state index contributed by atoms with van der Waals surface area (Å²) in [7, 11) is 1.50. The fourth-order valence-electron chi connectivity index (χ4n) is 6.34. The lowest BCUT2D eigenvalue weighted by atomic mass is 9.80. The first kappa shape index (κ1) is 34.1. The van der Waals surface area contributed by atoms with Gasteiger partial charge in [-0.3, -0.25) is 0 Å². The number of aliphatic hydroxyl groups is 2. The van der Waals surface area contributed by atoms with Gasteiger partial charge in [-0.2, -0.15) is 18.2 Å². The number of halogens is 3. The van der Waals surface area contributed by atoms with Gasteiger partial charge in [-0.15, -0.1) is 0 Å². The Kier molecular flexibility index (Phi) is 9.49. The van der Waals surface area contributed by atoms with Gasteiger partial charge in [0.05, 0.1) is 12.7 Å². The number of aliphatic hydroxyl groups excluding tert-OH is 1. The van der Waals surface area contributed by atoms with Gasteiger partial charge in [-0.25, -0.2) is 19.9 Å². The van der Waals surface area contributed by atoms with Crippen LogP contribution in [-0.4, -0.2) is 85.3 Å². The number of anilines is 3. The van der Waals surface area contributed by atoms with Gasteiger partial charge in [-0.1, -0.05) is 18.2 Å². The lowest BCUT2D eigenvalue weighted by Gasteiger charge is -2.46. The minimum Gasteiger partial charge on any atom is -0.489 e. The van der Waals surface area contributed by atoms with Crippen LogP contribution in [-0.2, 0) is 6.18 Å². The minimum atomic E-state index is -4.64. The summed E-state index contributed by atoms with van der Waals surface area (Å²) in [5.41, 5.74) is -1.00. The van der Waals surface area contributed by atoms with Crippen LogP contribution >= 0.6 is 0 Å². The lowest BCUT2D eigenvalue weighted by molar-refractivity contribution is -0.137. The zero-order valence-electron chi connectivity index (χ0n) is 27.4. The maximum Gasteiger partial charge on any atom is 0.421 e. The zero-order valence-corrected chi connectivity index (χ0v) is 27.4. The third-order valence-electron chi connectivity index (χ3n) is 8.92. The molecule has 3 aromatic heterocycles. The molecule has 1 aliphatic heterocycles. The van der Waals surface area contributed by atoms with Crippen molar-refractivity contribution in [3.05, 3.63) is 72.8 Å². The van der Waals surface area contributed by atoms with Crippen LogP contribution in [0.1, 0.15) is 45.1 Å². The Labute approximate surface area is 282 Å². The number of β-amino-alcohol motifs (C(OH)–C–C–N with tert-alkyl or cyclic N) is 1. The first-order chi connectivity index (χ1) is 23.3. The van der Waals surface area contributed by atoms with Gasteiger partial charge in [-0.05, 0) is 63.8 Å². The molecule has 1 aliphatic carbocycles. The van der Waals surface area contributed by atoms with E-state index >= 15 is 0 Å². The van der Waals surface area contributed by atoms with E-state index in [-0.39, 0.29) is 43.5 Å². The second-order valence-electron chi connectivity index (χ2n) is 13.1. The van der Waals surface area contributed by atoms with Crippen LogP contribution in [0.4, 0.5) is 30.8 Å². The predicted molar refractivity (Wildman–Crippen MR) is 176 cm³/mol. The van der Waals surface area contributed by atoms with Crippen molar-refractivity contribution in [3.8, 4) is 22.9 Å². The summed E-state index contributed by atoms with van der Waals surface area (Å²) in [6, 6.07) is 13.1. The molecule has 0 spiro atoms. The normalized spacial score (nSPS) is 21.0. The number of benzene rings is 1. The quantitative estimate of drug-likeness (QED) is 0.185. The maximum atomic E-state index is 13.8. The molecular formula is C34H39F3N8O4. The van der Waals surface area contributed by atoms with E-state index in [4.69, 9.17) is 14.5 Å². The molecule has 2 aliphatic rings. The summed E-state index contributed by atoms with van der Waals surface area (Å²) in [6.07, 6.45) is 2.60. The molecule has 1 saturated carbocycles. The molecule has 260 valence electrons. The number of alkyl halides is 3. The van der Waals surface area contributed by atoms with Gasteiger partial charge >= 0.3 is 12.2 Å². The first-order valence-electron chi connectivity index (χ1n) is 16.0. The van der Waals surface area contributed by atoms with E-state index in [9.17, 15) is 23.4 Å². The topological polar surface area (TPSA) is 142 Å². The summed E-state index contributed by atoms with van der Waals surface area (Å²) in [5.74, 6) is 1.02. The highest BCUT2D eigenvalue weighted by Gasteiger charge is 2.44. The Morgan fingerprint density at radius 2 is 1.63 bits per heavy atom. The molecule has 1 saturated heterocycles. The molecule has 49 heavy (non-hydrogen) atoms. The van der Waals surface area contributed by atoms with Gasteiger partial charge in [0, 0.05) is 60.6 Å². The Hall–Kier alpha value is -4.76. The molecule has 2 fully saturated rings. The summed E-state index contributed by atoms with van der Waals surface area (Å²) in [5, 5.41) is 24.9. The van der Waals surface area contributed by atoms with Crippen LogP contribution in [0, 0.1) is 0 Å². The number of nitrogens with zero attached hydrogens (tertiary/aromatic N) is 7. The number of ether oxygens (including phenoxy) is 2. The van der Waals surface area contributed by atoms with Gasteiger partial charge in [0.25, 0.3) is 0 Å². The number of nitrogens with one attached hydrogen (secondary N) is 1. The molecule has 0 amide bonds. The molecule has 6 rings (SSSR count). The fraction of sp³-hybridized carbons (Fsp3) is 0.441. The highest BCUT2D eigenvalue weighted by Crippen LogP contribution is 2.40. The molecule has 0 bridgehead atoms. The van der Waals surface area contributed by atoms with Crippen molar-refractivity contribution in [1.82, 2.24) is 24.9 Å². The number of hydrogen-bond donors (Lipinski definition) is 3. The molecule has 1 unspecified atom stereocenters. The number of hydrogen-bond acceptors (Lipinski definition) is 12. The lowest BCUT2D eigenvalue weighted by Crippen LogP contribution is -2.60. The summed E-state index contributed by atoms with van der Waals surface area (Å²) in [6.45, 7) is 3.64. The van der Waals surface area contributed by atoms with E-state index in [1.807, 2.05) is 54.3 Å². The van der Waals surface area contributed by atoms with Crippen molar-refractivity contribution in [2.24, 2.45) is 0 Å². The standard InChI is InChI=1S/C34H39F3N8O4/c1-32(43-30-39-18-26(34(35,36)37)29(42-30)44-20-33(2,47)21-44)13-11-24(12-14-32)45(28(46)19-49-25-7-5-4-6-8-25)27-10-9-22(15-38-27)23-16-40-31(48-3)41-17-23/h4-10,15-18,24,28,46-47H,11-14,19-21H2,1-3H3,(H,39,42,43). The van der Waals surface area contributed by atoms with Crippen LogP contribution in [0.2, 0.25) is 0 Å². The maximum absolute atomic E-state index is 13.8. The fourth-order valence-corrected chi connectivity index (χ4v) is 6.34. The van der Waals surface area contributed by atoms with Crippen molar-refractivity contribution < 1.29 is 32.9 Å². The van der Waals surface area contributed by atoms with Crippen molar-refractivity contribution >= 4 is 17.6 Å². The van der Waals surface area contributed by atoms with Crippen LogP contribution in [0.5, 0.6) is 11.8 Å². The molecule has 15 heteroatoms. The Morgan fingerprint density at radius 3 is 2.22 bits per heavy atom. The molecule has 4 heterocycles. The third-order valence-corrected chi connectivity index (χ3v) is 8.92. The zero-order chi connectivity index (χ0) is 34.8. The Balaban J connectivity index is 1.18. The number of para-hydroxylation sites is 1. The molecule has 12 nitrogen and oxygen atoms in total. The smallest absolute Gasteiger partial charge is 0.421 e. The second kappa shape index (κ2) is 13.6. The van der Waals surface area contributed by atoms with Crippen LogP contribution < -0.4 is 24.6 Å². The van der Waals surface area contributed by atoms with Crippen molar-refractivity contribution in [2.45, 2.75) is 69.1 Å². The van der Waals surface area contributed by atoms with E-state index in [1.165, 1.54) is 12.0 Å². The van der Waals surface area contributed by atoms with Crippen LogP contribution in [0.3, 0.4) is 0 Å². The van der Waals surface area contributed by atoms with E-state index in [1.54, 1.807) is 25.5 Å². The van der Waals surface area contributed by atoms with Crippen LogP contribution in [0.15, 0.2) is 67.3 Å².